The van der Waals surface area contributed by atoms with Crippen LogP contribution in [0.3, 0.4) is 0 Å². The van der Waals surface area contributed by atoms with Crippen LogP contribution in [0.4, 0.5) is 0 Å². The number of hydrogen-bond acceptors (Lipinski definition) is 7. The zero-order chi connectivity index (χ0) is 11.6. The highest BCUT2D eigenvalue weighted by Crippen LogP contribution is 2.18. The van der Waals surface area contributed by atoms with Crippen LogP contribution in [0.15, 0.2) is 0 Å². The van der Waals surface area contributed by atoms with Gasteiger partial charge in [0.05, 0.1) is 12.7 Å². The molecule has 0 amide bonds. The molecule has 3 atom stereocenters. The zero-order valence-electron chi connectivity index (χ0n) is 7.40. The lowest BCUT2D eigenvalue weighted by Crippen LogP contribution is -2.46. The lowest BCUT2D eigenvalue weighted by Gasteiger charge is -2.31. The molecule has 1 heterocycles. The fraction of sp³-hybridized carbons (Fsp3) is 0.833. The van der Waals surface area contributed by atoms with Gasteiger partial charge in [0.1, 0.15) is 6.10 Å². The Labute approximate surface area is 85.4 Å². The molecule has 0 aliphatic carbocycles. The van der Waals surface area contributed by atoms with Crippen LogP contribution >= 0.6 is 0 Å². The Bertz CT molecular complexity index is 335. The summed E-state index contributed by atoms with van der Waals surface area (Å²) in [5.74, 6) is -1.27. The van der Waals surface area contributed by atoms with Crippen molar-refractivity contribution in [1.29, 1.82) is 0 Å². The Balaban J connectivity index is 2.57. The maximum atomic E-state index is 10.4. The Morgan fingerprint density at radius 1 is 1.53 bits per heavy atom. The highest BCUT2D eigenvalue weighted by molar-refractivity contribution is 7.80. The molecule has 1 aliphatic heterocycles. The molecule has 88 valence electrons. The van der Waals surface area contributed by atoms with Crippen LogP contribution in [0.1, 0.15) is 6.42 Å². The number of aliphatic carboxylic acids is 1. The van der Waals surface area contributed by atoms with E-state index in [0.717, 1.165) is 0 Å². The Morgan fingerprint density at radius 3 is 2.53 bits per heavy atom. The molecule has 9 heteroatoms. The molecule has 1 rings (SSSR count). The largest absolute Gasteiger partial charge is 0.726 e. The number of rotatable bonds is 3. The van der Waals surface area contributed by atoms with Crippen molar-refractivity contribution in [3.05, 3.63) is 0 Å². The molecule has 0 bridgehead atoms. The third-order valence-electron chi connectivity index (χ3n) is 1.86. The average molecular weight is 241 g/mol. The molecule has 0 saturated carbocycles. The van der Waals surface area contributed by atoms with Gasteiger partial charge in [0.2, 0.25) is 10.4 Å². The summed E-state index contributed by atoms with van der Waals surface area (Å²) in [6.07, 6.45) is -4.24. The summed E-state index contributed by atoms with van der Waals surface area (Å²) in [5, 5.41) is 17.8. The van der Waals surface area contributed by atoms with E-state index in [1.54, 1.807) is 0 Å². The van der Waals surface area contributed by atoms with Gasteiger partial charge in [-0.05, 0) is 0 Å². The number of carboxylic acid groups (broad SMARTS) is 1. The quantitative estimate of drug-likeness (QED) is 0.431. The van der Waals surface area contributed by atoms with Gasteiger partial charge in [0.15, 0.2) is 6.10 Å². The molecule has 1 fully saturated rings. The fourth-order valence-corrected chi connectivity index (χ4v) is 1.66. The van der Waals surface area contributed by atoms with Gasteiger partial charge in [-0.3, -0.25) is 4.18 Å². The first kappa shape index (κ1) is 12.3. The summed E-state index contributed by atoms with van der Waals surface area (Å²) in [7, 11) is -4.93. The second-order valence-electron chi connectivity index (χ2n) is 3.01. The van der Waals surface area contributed by atoms with Gasteiger partial charge in [-0.2, -0.15) is 0 Å². The first-order chi connectivity index (χ1) is 6.79. The van der Waals surface area contributed by atoms with Crippen molar-refractivity contribution in [3.8, 4) is 0 Å². The van der Waals surface area contributed by atoms with Crippen LogP contribution in [-0.2, 0) is 24.1 Å². The van der Waals surface area contributed by atoms with Crippen LogP contribution in [0.25, 0.3) is 0 Å². The van der Waals surface area contributed by atoms with E-state index in [-0.39, 0.29) is 6.42 Å². The van der Waals surface area contributed by atoms with Gasteiger partial charge >= 0.3 is 5.97 Å². The van der Waals surface area contributed by atoms with Gasteiger partial charge in [-0.15, -0.1) is 0 Å². The first-order valence-corrected chi connectivity index (χ1v) is 5.29. The standard InChI is InChI=1S/C6H10O8S/c7-3-1-4(6(8)9)13-2-5(3)14-15(10,11)12/h3-5,7H,1-2H2,(H,8,9)(H,10,11,12)/p-1/t3-,4?,5?/m1/s1. The van der Waals surface area contributed by atoms with E-state index in [9.17, 15) is 22.9 Å². The molecule has 2 N–H and O–H groups in total. The molecule has 0 aromatic rings. The molecule has 0 radical (unpaired) electrons. The number of carboxylic acids is 1. The predicted molar refractivity (Wildman–Crippen MR) is 42.6 cm³/mol. The van der Waals surface area contributed by atoms with Crippen molar-refractivity contribution in [2.75, 3.05) is 6.61 Å². The zero-order valence-corrected chi connectivity index (χ0v) is 8.21. The average Bonchev–Trinajstić information content (AvgIpc) is 2.05. The van der Waals surface area contributed by atoms with Crippen LogP contribution < -0.4 is 0 Å². The van der Waals surface area contributed by atoms with Crippen LogP contribution in [0.2, 0.25) is 0 Å². The minimum atomic E-state index is -4.93. The molecule has 15 heavy (non-hydrogen) atoms. The molecule has 2 unspecified atom stereocenters. The number of aliphatic hydroxyl groups excluding tert-OH is 1. The highest BCUT2D eigenvalue weighted by Gasteiger charge is 2.35. The SMILES string of the molecule is O=C(O)C1C[C@@H](O)C(OS(=O)(=O)[O-])CO1. The van der Waals surface area contributed by atoms with Gasteiger partial charge < -0.3 is 19.5 Å². The van der Waals surface area contributed by atoms with E-state index in [1.807, 2.05) is 0 Å². The van der Waals surface area contributed by atoms with E-state index in [2.05, 4.69) is 8.92 Å². The number of ether oxygens (including phenoxy) is 1. The minimum absolute atomic E-state index is 0.324. The van der Waals surface area contributed by atoms with Crippen molar-refractivity contribution in [2.45, 2.75) is 24.7 Å². The molecule has 1 saturated heterocycles. The third kappa shape index (κ3) is 3.72. The Hall–Kier alpha value is -0.740. The summed E-state index contributed by atoms with van der Waals surface area (Å²) < 4.78 is 39.2. The van der Waals surface area contributed by atoms with Crippen LogP contribution in [0.5, 0.6) is 0 Å². The number of hydrogen-bond donors (Lipinski definition) is 2. The monoisotopic (exact) mass is 241 g/mol. The molecule has 0 aromatic heterocycles. The van der Waals surface area contributed by atoms with E-state index in [1.165, 1.54) is 0 Å². The minimum Gasteiger partial charge on any atom is -0.726 e. The lowest BCUT2D eigenvalue weighted by molar-refractivity contribution is -0.166. The Morgan fingerprint density at radius 2 is 2.13 bits per heavy atom. The van der Waals surface area contributed by atoms with Crippen LogP contribution in [-0.4, -0.2) is 54.1 Å². The van der Waals surface area contributed by atoms with E-state index < -0.39 is 41.3 Å². The summed E-state index contributed by atoms with van der Waals surface area (Å²) in [5.41, 5.74) is 0. The number of aliphatic hydroxyl groups is 1. The molecule has 0 aromatic carbocycles. The molecular formula is C6H9O8S-. The van der Waals surface area contributed by atoms with Crippen LogP contribution in [0, 0.1) is 0 Å². The van der Waals surface area contributed by atoms with Crippen molar-refractivity contribution in [1.82, 2.24) is 0 Å². The summed E-state index contributed by atoms with van der Waals surface area (Å²) >= 11 is 0. The third-order valence-corrected chi connectivity index (χ3v) is 2.35. The molecule has 1 aliphatic rings. The second kappa shape index (κ2) is 4.41. The van der Waals surface area contributed by atoms with E-state index in [0.29, 0.717) is 0 Å². The van der Waals surface area contributed by atoms with E-state index in [4.69, 9.17) is 5.11 Å². The predicted octanol–water partition coefficient (Wildman–Crippen LogP) is -1.93. The first-order valence-electron chi connectivity index (χ1n) is 3.96. The number of carbonyl (C=O) groups is 1. The summed E-state index contributed by atoms with van der Waals surface area (Å²) in [6, 6.07) is 0. The molecule has 0 spiro atoms. The maximum Gasteiger partial charge on any atom is 0.332 e. The smallest absolute Gasteiger partial charge is 0.332 e. The molecular weight excluding hydrogens is 232 g/mol. The van der Waals surface area contributed by atoms with Crippen molar-refractivity contribution >= 4 is 16.4 Å². The van der Waals surface area contributed by atoms with Crippen molar-refractivity contribution in [2.24, 2.45) is 0 Å². The summed E-state index contributed by atoms with van der Waals surface area (Å²) in [6.45, 7) is -0.459. The second-order valence-corrected chi connectivity index (χ2v) is 4.02. The topological polar surface area (TPSA) is 133 Å². The van der Waals surface area contributed by atoms with Gasteiger partial charge in [0, 0.05) is 6.42 Å². The van der Waals surface area contributed by atoms with Gasteiger partial charge in [-0.1, -0.05) is 0 Å². The van der Waals surface area contributed by atoms with Gasteiger partial charge in [-0.25, -0.2) is 13.2 Å². The van der Waals surface area contributed by atoms with Crippen molar-refractivity contribution in [3.63, 3.8) is 0 Å². The van der Waals surface area contributed by atoms with Gasteiger partial charge in [0.25, 0.3) is 0 Å². The Kier molecular flexibility index (Phi) is 3.62. The maximum absolute atomic E-state index is 10.4. The lowest BCUT2D eigenvalue weighted by atomic mass is 10.0. The highest BCUT2D eigenvalue weighted by atomic mass is 32.3. The van der Waals surface area contributed by atoms with Crippen molar-refractivity contribution < 1.29 is 36.9 Å². The molecule has 8 nitrogen and oxygen atoms in total. The summed E-state index contributed by atoms with van der Waals surface area (Å²) in [4.78, 5) is 10.4. The van der Waals surface area contributed by atoms with E-state index >= 15 is 0 Å². The fourth-order valence-electron chi connectivity index (χ4n) is 1.18. The normalized spacial score (nSPS) is 32.5.